The van der Waals surface area contributed by atoms with Crippen molar-refractivity contribution in [3.05, 3.63) is 36.2 Å². The van der Waals surface area contributed by atoms with E-state index in [1.807, 2.05) is 24.3 Å². The molecule has 0 fully saturated rings. The van der Waals surface area contributed by atoms with Crippen molar-refractivity contribution in [2.24, 2.45) is 0 Å². The molecule has 1 aromatic rings. The van der Waals surface area contributed by atoms with Gasteiger partial charge in [0.1, 0.15) is 0 Å². The third-order valence-corrected chi connectivity index (χ3v) is 3.05. The molecule has 0 heterocycles. The van der Waals surface area contributed by atoms with Crippen LogP contribution in [0.2, 0.25) is 0 Å². The normalized spacial score (nSPS) is 10.6. The Bertz CT molecular complexity index is 430. The predicted octanol–water partition coefficient (Wildman–Crippen LogP) is 5.85. The first-order valence-corrected chi connectivity index (χ1v) is 17.7. The molecule has 0 saturated heterocycles. The SMILES string of the molecule is O=C(O)C[CH-]Cc1ccc(N(CCCl)CCCl)cc1.[I][Co]([I])[I]. The van der Waals surface area contributed by atoms with Crippen LogP contribution in [0.4, 0.5) is 5.69 Å². The molecule has 9 heteroatoms. The van der Waals surface area contributed by atoms with Crippen molar-refractivity contribution < 1.29 is 13.9 Å². The molecule has 0 amide bonds. The second kappa shape index (κ2) is 16.0. The number of carboxylic acid groups (broad SMARTS) is 1. The van der Waals surface area contributed by atoms with Gasteiger partial charge < -0.3 is 16.4 Å². The standard InChI is InChI=1S/C14H18Cl2NO2.Co.3HI/c15-8-10-17(11-9-16)13-6-4-12(5-7-13)2-1-3-14(18)19;;;;/h1,4-7H,2-3,8-11H2,(H,18,19);;3*1H/q-1;+3;;;/p-3. The number of anilines is 1. The average molecular weight is 743 g/mol. The van der Waals surface area contributed by atoms with E-state index in [-0.39, 0.29) is 6.42 Å². The van der Waals surface area contributed by atoms with Crippen molar-refractivity contribution in [2.45, 2.75) is 12.8 Å². The Morgan fingerprint density at radius 3 is 2.00 bits per heavy atom. The van der Waals surface area contributed by atoms with Gasteiger partial charge in [-0.25, -0.2) is 0 Å². The zero-order chi connectivity index (χ0) is 17.7. The summed E-state index contributed by atoms with van der Waals surface area (Å²) in [5, 5.41) is 8.56. The topological polar surface area (TPSA) is 40.5 Å². The summed E-state index contributed by atoms with van der Waals surface area (Å²) in [5.41, 5.74) is 2.19. The number of nitrogens with zero attached hydrogens (tertiary/aromatic N) is 1. The van der Waals surface area contributed by atoms with Crippen molar-refractivity contribution in [3.8, 4) is 0 Å². The summed E-state index contributed by atoms with van der Waals surface area (Å²) >= 11 is 18.7. The third kappa shape index (κ3) is 14.6. The molecule has 0 aliphatic carbocycles. The van der Waals surface area contributed by atoms with Crippen LogP contribution in [0.3, 0.4) is 0 Å². The number of halogens is 5. The van der Waals surface area contributed by atoms with Crippen molar-refractivity contribution >= 4 is 96.1 Å². The Morgan fingerprint density at radius 2 is 1.61 bits per heavy atom. The summed E-state index contributed by atoms with van der Waals surface area (Å²) in [6.07, 6.45) is 2.51. The van der Waals surface area contributed by atoms with E-state index in [2.05, 4.69) is 66.1 Å². The molecule has 136 valence electrons. The average Bonchev–Trinajstić information content (AvgIpc) is 2.47. The van der Waals surface area contributed by atoms with Crippen LogP contribution < -0.4 is 4.90 Å². The van der Waals surface area contributed by atoms with Crippen LogP contribution in [-0.4, -0.2) is 35.9 Å². The first kappa shape index (κ1) is 24.8. The van der Waals surface area contributed by atoms with E-state index < -0.39 is 5.97 Å². The minimum atomic E-state index is -0.799. The number of hydrogen-bond acceptors (Lipinski definition) is 2. The van der Waals surface area contributed by atoms with Crippen LogP contribution >= 0.6 is 84.4 Å². The molecular weight excluding hydrogens is 725 g/mol. The Morgan fingerprint density at radius 1 is 1.13 bits per heavy atom. The molecule has 0 aliphatic rings. The number of benzene rings is 1. The fourth-order valence-electron chi connectivity index (χ4n) is 1.78. The monoisotopic (exact) mass is 742 g/mol. The molecule has 1 aromatic carbocycles. The molecular formula is C14H18Cl2CoI3NO2-. The van der Waals surface area contributed by atoms with Crippen LogP contribution in [0, 0.1) is 6.42 Å². The fourth-order valence-corrected chi connectivity index (χ4v) is 2.19. The molecule has 0 aromatic heterocycles. The zero-order valence-electron chi connectivity index (χ0n) is 12.2. The van der Waals surface area contributed by atoms with E-state index in [4.69, 9.17) is 28.3 Å². The van der Waals surface area contributed by atoms with Gasteiger partial charge in [-0.2, -0.15) is 6.42 Å². The summed E-state index contributed by atoms with van der Waals surface area (Å²) in [6, 6.07) is 8.04. The van der Waals surface area contributed by atoms with E-state index in [9.17, 15) is 4.79 Å². The van der Waals surface area contributed by atoms with Gasteiger partial charge >= 0.3 is 65.3 Å². The zero-order valence-corrected chi connectivity index (χ0v) is 21.2. The van der Waals surface area contributed by atoms with Crippen molar-refractivity contribution in [3.63, 3.8) is 0 Å². The van der Waals surface area contributed by atoms with Crippen molar-refractivity contribution in [1.29, 1.82) is 0 Å². The van der Waals surface area contributed by atoms with Crippen LogP contribution in [0.15, 0.2) is 24.3 Å². The number of carbonyl (C=O) groups is 1. The molecule has 1 rings (SSSR count). The number of rotatable bonds is 9. The molecule has 0 unspecified atom stereocenters. The number of alkyl halides is 2. The number of aliphatic carboxylic acids is 1. The Kier molecular flexibility index (Phi) is 17.2. The van der Waals surface area contributed by atoms with Gasteiger partial charge in [0.25, 0.3) is 5.97 Å². The molecule has 3 nitrogen and oxygen atoms in total. The summed E-state index contributed by atoms with van der Waals surface area (Å²) in [4.78, 5) is 12.5. The minimum absolute atomic E-state index is 0.0897. The first-order chi connectivity index (χ1) is 10.9. The quantitative estimate of drug-likeness (QED) is 0.196. The van der Waals surface area contributed by atoms with Crippen LogP contribution in [0.5, 0.6) is 0 Å². The number of carboxylic acids is 1. The van der Waals surface area contributed by atoms with E-state index in [1.54, 1.807) is 6.42 Å². The molecule has 0 spiro atoms. The van der Waals surface area contributed by atoms with Crippen molar-refractivity contribution in [2.75, 3.05) is 29.7 Å². The van der Waals surface area contributed by atoms with E-state index in [0.717, 1.165) is 24.3 Å². The van der Waals surface area contributed by atoms with Crippen molar-refractivity contribution in [1.82, 2.24) is 0 Å². The summed E-state index contributed by atoms with van der Waals surface area (Å²) in [7, 11) is 0. The van der Waals surface area contributed by atoms with Crippen LogP contribution in [0.25, 0.3) is 0 Å². The predicted molar refractivity (Wildman–Crippen MR) is 122 cm³/mol. The molecule has 0 radical (unpaired) electrons. The van der Waals surface area contributed by atoms with E-state index >= 15 is 0 Å². The maximum atomic E-state index is 10.4. The van der Waals surface area contributed by atoms with Gasteiger partial charge in [-0.15, -0.1) is 23.2 Å². The Balaban J connectivity index is 0.00000108. The van der Waals surface area contributed by atoms with Gasteiger partial charge in [0, 0.05) is 30.5 Å². The maximum absolute atomic E-state index is 10.4. The fraction of sp³-hybridized carbons (Fsp3) is 0.429. The molecule has 0 bridgehead atoms. The second-order valence-electron chi connectivity index (χ2n) is 4.26. The number of hydrogen-bond donors (Lipinski definition) is 1. The summed E-state index contributed by atoms with van der Waals surface area (Å²) in [5.74, 6) is 0.322. The molecule has 23 heavy (non-hydrogen) atoms. The summed E-state index contributed by atoms with van der Waals surface area (Å²) < 4.78 is 0.306. The summed E-state index contributed by atoms with van der Waals surface area (Å²) in [6.45, 7) is 1.53. The van der Waals surface area contributed by atoms with Gasteiger partial charge in [0.15, 0.2) is 0 Å². The Hall–Kier alpha value is 1.77. The van der Waals surface area contributed by atoms with Gasteiger partial charge in [-0.3, -0.25) is 4.79 Å². The van der Waals surface area contributed by atoms with Gasteiger partial charge in [0.05, 0.1) is 0 Å². The molecule has 0 aliphatic heterocycles. The van der Waals surface area contributed by atoms with Gasteiger partial charge in [-0.1, -0.05) is 24.1 Å². The third-order valence-electron chi connectivity index (χ3n) is 2.71. The van der Waals surface area contributed by atoms with E-state index in [0.29, 0.717) is 22.2 Å². The van der Waals surface area contributed by atoms with Crippen LogP contribution in [-0.2, 0) is 15.2 Å². The van der Waals surface area contributed by atoms with Crippen LogP contribution in [0.1, 0.15) is 12.0 Å². The molecule has 1 N–H and O–H groups in total. The molecule has 0 saturated carbocycles. The molecule has 0 atom stereocenters. The first-order valence-electron chi connectivity index (χ1n) is 6.54. The Labute approximate surface area is 186 Å². The van der Waals surface area contributed by atoms with Gasteiger partial charge in [-0.05, 0) is 12.1 Å². The van der Waals surface area contributed by atoms with E-state index in [1.165, 1.54) is 0 Å². The van der Waals surface area contributed by atoms with Gasteiger partial charge in [0.2, 0.25) is 0 Å². The second-order valence-corrected chi connectivity index (χ2v) is 31.4.